The Morgan fingerprint density at radius 1 is 0.622 bits per heavy atom. The lowest BCUT2D eigenvalue weighted by Crippen LogP contribution is -2.30. The fraction of sp³-hybridized carbons (Fsp3) is 0.136. The Kier molecular flexibility index (Phi) is 5.65. The molecular weight excluding hydrogens is 544 g/mol. The van der Waals surface area contributed by atoms with Crippen molar-refractivity contribution in [1.29, 1.82) is 0 Å². The number of allylic oxidation sites excluding steroid dienone is 8. The fourth-order valence-electron chi connectivity index (χ4n) is 8.54. The second-order valence-electron chi connectivity index (χ2n) is 13.2. The first-order chi connectivity index (χ1) is 22.1. The zero-order valence-corrected chi connectivity index (χ0v) is 25.6. The smallest absolute Gasteiger partial charge is 0.132 e. The highest BCUT2D eigenvalue weighted by atomic mass is 16.5. The number of hydrogen-bond donors (Lipinski definition) is 0. The second-order valence-corrected chi connectivity index (χ2v) is 13.2. The zero-order chi connectivity index (χ0) is 30.2. The molecule has 1 heteroatoms. The summed E-state index contributed by atoms with van der Waals surface area (Å²) in [6.45, 7) is 4.63. The molecule has 0 bridgehead atoms. The molecule has 2 unspecified atom stereocenters. The van der Waals surface area contributed by atoms with E-state index in [1.54, 1.807) is 0 Å². The number of para-hydroxylation sites is 1. The quantitative estimate of drug-likeness (QED) is 0.207. The standard InChI is InChI=1S/C44H34O/c1-43(2)38-20-10-11-21-40(38)45-41-22-12-18-34(42(41)43)29-23-25-33(26-24-29)44(32-15-4-3-5-16-32)37-19-9-8-17-35(37)36-27-30-13-6-7-14-31(30)28-39(36)44/h3-26,28,30H,27H2,1-2H3. The summed E-state index contributed by atoms with van der Waals surface area (Å²) in [6.07, 6.45) is 12.6. The highest BCUT2D eigenvalue weighted by Gasteiger charge is 2.48. The summed E-state index contributed by atoms with van der Waals surface area (Å²) in [7, 11) is 0. The SMILES string of the molecule is CC1(C)c2ccccc2Oc2cccc(-c3ccc(C4(c5ccccc5)C5=C(CC6C=CC=CC6=C5)c5ccccc54)cc3)c21. The van der Waals surface area contributed by atoms with E-state index in [2.05, 4.69) is 166 Å². The third kappa shape index (κ3) is 3.68. The lowest BCUT2D eigenvalue weighted by Gasteiger charge is -2.37. The van der Waals surface area contributed by atoms with E-state index in [1.165, 1.54) is 61.2 Å². The molecule has 0 amide bonds. The van der Waals surface area contributed by atoms with Crippen molar-refractivity contribution in [2.45, 2.75) is 31.1 Å². The van der Waals surface area contributed by atoms with Crippen LogP contribution in [-0.4, -0.2) is 0 Å². The summed E-state index contributed by atoms with van der Waals surface area (Å²) < 4.78 is 6.47. The second kappa shape index (κ2) is 9.68. The summed E-state index contributed by atoms with van der Waals surface area (Å²) in [6, 6.07) is 44.5. The topological polar surface area (TPSA) is 9.23 Å². The number of fused-ring (bicyclic) bond motifs is 5. The summed E-state index contributed by atoms with van der Waals surface area (Å²) in [5.74, 6) is 2.32. The molecule has 1 nitrogen and oxygen atoms in total. The minimum absolute atomic E-state index is 0.193. The van der Waals surface area contributed by atoms with Gasteiger partial charge in [-0.05, 0) is 68.7 Å². The molecule has 0 fully saturated rings. The van der Waals surface area contributed by atoms with E-state index >= 15 is 0 Å². The fourth-order valence-corrected chi connectivity index (χ4v) is 8.54. The first-order valence-electron chi connectivity index (χ1n) is 16.0. The Labute approximate surface area is 265 Å². The molecular formula is C44H34O. The van der Waals surface area contributed by atoms with Gasteiger partial charge in [0.1, 0.15) is 11.5 Å². The third-order valence-electron chi connectivity index (χ3n) is 10.6. The molecule has 0 radical (unpaired) electrons. The number of rotatable bonds is 3. The Balaban J connectivity index is 1.24. The Morgan fingerprint density at radius 3 is 2.16 bits per heavy atom. The van der Waals surface area contributed by atoms with Gasteiger partial charge >= 0.3 is 0 Å². The Morgan fingerprint density at radius 2 is 1.31 bits per heavy atom. The van der Waals surface area contributed by atoms with Gasteiger partial charge in [-0.1, -0.05) is 153 Å². The van der Waals surface area contributed by atoms with E-state index in [-0.39, 0.29) is 5.41 Å². The van der Waals surface area contributed by atoms with Gasteiger partial charge in [0.25, 0.3) is 0 Å². The average Bonchev–Trinajstić information content (AvgIpc) is 3.37. The summed E-state index contributed by atoms with van der Waals surface area (Å²) in [5.41, 5.74) is 14.0. The predicted molar refractivity (Wildman–Crippen MR) is 185 cm³/mol. The van der Waals surface area contributed by atoms with Crippen LogP contribution in [0.15, 0.2) is 163 Å². The highest BCUT2D eigenvalue weighted by molar-refractivity contribution is 5.89. The molecule has 0 aromatic heterocycles. The average molecular weight is 579 g/mol. The molecule has 0 saturated heterocycles. The van der Waals surface area contributed by atoms with Gasteiger partial charge in [0.05, 0.1) is 5.41 Å². The molecule has 0 N–H and O–H groups in total. The molecule has 0 saturated carbocycles. The highest BCUT2D eigenvalue weighted by Crippen LogP contribution is 2.59. The van der Waals surface area contributed by atoms with E-state index in [0.717, 1.165) is 17.9 Å². The maximum absolute atomic E-state index is 6.47. The van der Waals surface area contributed by atoms with Crippen LogP contribution in [0.1, 0.15) is 53.6 Å². The van der Waals surface area contributed by atoms with Crippen molar-refractivity contribution < 1.29 is 4.74 Å². The monoisotopic (exact) mass is 578 g/mol. The van der Waals surface area contributed by atoms with Crippen LogP contribution in [-0.2, 0) is 10.8 Å². The van der Waals surface area contributed by atoms with Crippen LogP contribution >= 0.6 is 0 Å². The van der Waals surface area contributed by atoms with Crippen LogP contribution in [0.4, 0.5) is 0 Å². The number of benzene rings is 5. The van der Waals surface area contributed by atoms with Gasteiger partial charge < -0.3 is 4.74 Å². The summed E-state index contributed by atoms with van der Waals surface area (Å²) in [5, 5.41) is 0. The van der Waals surface area contributed by atoms with Gasteiger partial charge in [-0.3, -0.25) is 0 Å². The van der Waals surface area contributed by atoms with Crippen LogP contribution in [0.5, 0.6) is 11.5 Å². The van der Waals surface area contributed by atoms with Crippen molar-refractivity contribution in [1.82, 2.24) is 0 Å². The number of hydrogen-bond acceptors (Lipinski definition) is 1. The van der Waals surface area contributed by atoms with E-state index in [0.29, 0.717) is 5.92 Å². The van der Waals surface area contributed by atoms with Gasteiger partial charge in [-0.2, -0.15) is 0 Å². The first-order valence-corrected chi connectivity index (χ1v) is 16.0. The van der Waals surface area contributed by atoms with Gasteiger partial charge in [0.15, 0.2) is 0 Å². The van der Waals surface area contributed by atoms with Crippen LogP contribution < -0.4 is 4.74 Å². The van der Waals surface area contributed by atoms with Crippen molar-refractivity contribution in [3.63, 3.8) is 0 Å². The minimum atomic E-state index is -0.393. The van der Waals surface area contributed by atoms with Crippen molar-refractivity contribution in [3.8, 4) is 22.6 Å². The normalized spacial score (nSPS) is 21.6. The zero-order valence-electron chi connectivity index (χ0n) is 25.6. The van der Waals surface area contributed by atoms with E-state index < -0.39 is 5.41 Å². The van der Waals surface area contributed by atoms with E-state index in [9.17, 15) is 0 Å². The lowest BCUT2D eigenvalue weighted by molar-refractivity contribution is 0.419. The molecule has 9 rings (SSSR count). The van der Waals surface area contributed by atoms with Crippen LogP contribution in [0.2, 0.25) is 0 Å². The Hall–Kier alpha value is -5.14. The predicted octanol–water partition coefficient (Wildman–Crippen LogP) is 11.0. The van der Waals surface area contributed by atoms with E-state index in [4.69, 9.17) is 4.74 Å². The van der Waals surface area contributed by atoms with Crippen molar-refractivity contribution >= 4 is 5.57 Å². The lowest BCUT2D eigenvalue weighted by atomic mass is 9.65. The first kappa shape index (κ1) is 26.3. The third-order valence-corrected chi connectivity index (χ3v) is 10.6. The largest absolute Gasteiger partial charge is 0.457 e. The van der Waals surface area contributed by atoms with Gasteiger partial charge in [-0.15, -0.1) is 0 Å². The minimum Gasteiger partial charge on any atom is -0.457 e. The van der Waals surface area contributed by atoms with Crippen LogP contribution in [0.25, 0.3) is 16.7 Å². The molecule has 1 heterocycles. The molecule has 216 valence electrons. The van der Waals surface area contributed by atoms with Gasteiger partial charge in [-0.25, -0.2) is 0 Å². The summed E-state index contributed by atoms with van der Waals surface area (Å²) in [4.78, 5) is 0. The van der Waals surface area contributed by atoms with E-state index in [1.807, 2.05) is 0 Å². The maximum atomic E-state index is 6.47. The molecule has 5 aromatic rings. The van der Waals surface area contributed by atoms with Crippen molar-refractivity contribution in [3.05, 3.63) is 196 Å². The van der Waals surface area contributed by atoms with Gasteiger partial charge in [0.2, 0.25) is 0 Å². The summed E-state index contributed by atoms with van der Waals surface area (Å²) >= 11 is 0. The van der Waals surface area contributed by atoms with Crippen LogP contribution in [0.3, 0.4) is 0 Å². The molecule has 4 aliphatic rings. The van der Waals surface area contributed by atoms with Gasteiger partial charge in [0, 0.05) is 22.5 Å². The Bertz CT molecular complexity index is 2120. The van der Waals surface area contributed by atoms with Crippen LogP contribution in [0, 0.1) is 5.92 Å². The molecule has 1 aliphatic heterocycles. The molecule has 5 aromatic carbocycles. The molecule has 3 aliphatic carbocycles. The maximum Gasteiger partial charge on any atom is 0.132 e. The molecule has 2 atom stereocenters. The van der Waals surface area contributed by atoms with Crippen molar-refractivity contribution in [2.24, 2.45) is 5.92 Å². The van der Waals surface area contributed by atoms with Crippen molar-refractivity contribution in [2.75, 3.05) is 0 Å². The number of ether oxygens (including phenoxy) is 1. The molecule has 0 spiro atoms. The molecule has 45 heavy (non-hydrogen) atoms.